The van der Waals surface area contributed by atoms with Gasteiger partial charge in [-0.2, -0.15) is 18.4 Å². The molecule has 2 heterocycles. The van der Waals surface area contributed by atoms with Crippen LogP contribution in [0.25, 0.3) is 0 Å². The maximum Gasteiger partial charge on any atom is 0.307 e. The van der Waals surface area contributed by atoms with Crippen LogP contribution >= 0.6 is 0 Å². The van der Waals surface area contributed by atoms with Gasteiger partial charge in [0, 0.05) is 17.9 Å². The lowest BCUT2D eigenvalue weighted by molar-refractivity contribution is -0.156. The van der Waals surface area contributed by atoms with Crippen molar-refractivity contribution >= 4 is 22.1 Å². The number of esters is 2. The van der Waals surface area contributed by atoms with Gasteiger partial charge in [-0.15, -0.1) is 0 Å². The van der Waals surface area contributed by atoms with Gasteiger partial charge in [-0.05, 0) is 98.1 Å². The van der Waals surface area contributed by atoms with Crippen LogP contribution in [0.15, 0.2) is 38.2 Å². The highest BCUT2D eigenvalue weighted by molar-refractivity contribution is 7.86. The zero-order chi connectivity index (χ0) is 46.9. The molecule has 3 aromatic rings. The van der Waals surface area contributed by atoms with Crippen molar-refractivity contribution in [3.63, 3.8) is 0 Å². The second kappa shape index (κ2) is 25.4. The number of hydrogen-bond acceptors (Lipinski definition) is 14. The zero-order valence-electron chi connectivity index (χ0n) is 40.5. The summed E-state index contributed by atoms with van der Waals surface area (Å²) in [7, 11) is -3.95. The highest BCUT2D eigenvalue weighted by Crippen LogP contribution is 2.33. The number of carbonyl (C=O) groups is 2. The lowest BCUT2D eigenvalue weighted by Crippen LogP contribution is -2.26. The van der Waals surface area contributed by atoms with Gasteiger partial charge < -0.3 is 23.8 Å². The zero-order valence-corrected chi connectivity index (χ0v) is 41.4. The maximum atomic E-state index is 12.5. The third-order valence-electron chi connectivity index (χ3n) is 12.7. The fraction of sp³-hybridized carbons (Fsp3) is 0.760. The van der Waals surface area contributed by atoms with Crippen LogP contribution < -0.4 is 5.32 Å². The largest absolute Gasteiger partial charge is 0.460 e. The molecule has 15 heteroatoms. The molecular formula is C50H79N5O9S. The van der Waals surface area contributed by atoms with E-state index in [1.54, 1.807) is 12.1 Å². The quantitative estimate of drug-likeness (QED) is 0.0785. The second-order valence-electron chi connectivity index (χ2n) is 20.8. The normalized spacial score (nSPS) is 17.9. The summed E-state index contributed by atoms with van der Waals surface area (Å²) in [4.78, 5) is 34.1. The Morgan fingerprint density at radius 2 is 1.12 bits per heavy atom. The van der Waals surface area contributed by atoms with Crippen LogP contribution in [0.3, 0.4) is 0 Å². The molecule has 0 radical (unpaired) electrons. The highest BCUT2D eigenvalue weighted by Gasteiger charge is 2.29. The van der Waals surface area contributed by atoms with Crippen LogP contribution in [0.2, 0.25) is 0 Å². The molecule has 1 N–H and O–H groups in total. The van der Waals surface area contributed by atoms with Crippen molar-refractivity contribution in [1.82, 2.24) is 25.6 Å². The topological polar surface area (TPSA) is 186 Å². The predicted octanol–water partition coefficient (Wildman–Crippen LogP) is 11.5. The molecular weight excluding hydrogens is 847 g/mol. The minimum atomic E-state index is -3.95. The molecule has 3 fully saturated rings. The SMILES string of the molecule is CC(C)(C)OC(=O)C[C@@H](CCCC1CCCCC1)c1nc(CNC2CCCC2)no1.Cc1ccc(S(=O)(=O)OCc2noc([C@H](CCCC3CCCCC3)CC(=O)OC(C)(C)C)n2)cc1. The van der Waals surface area contributed by atoms with Crippen LogP contribution in [0.4, 0.5) is 0 Å². The van der Waals surface area contributed by atoms with E-state index in [4.69, 9.17) is 22.7 Å². The monoisotopic (exact) mass is 926 g/mol. The molecule has 0 amide bonds. The molecule has 0 aliphatic heterocycles. The van der Waals surface area contributed by atoms with E-state index in [9.17, 15) is 18.0 Å². The van der Waals surface area contributed by atoms with Crippen molar-refractivity contribution in [3.8, 4) is 0 Å². The molecule has 3 saturated carbocycles. The second-order valence-corrected chi connectivity index (χ2v) is 22.4. The molecule has 14 nitrogen and oxygen atoms in total. The van der Waals surface area contributed by atoms with E-state index in [1.807, 2.05) is 48.5 Å². The van der Waals surface area contributed by atoms with Crippen molar-refractivity contribution in [2.45, 2.75) is 237 Å². The Morgan fingerprint density at radius 1 is 0.677 bits per heavy atom. The van der Waals surface area contributed by atoms with Gasteiger partial charge >= 0.3 is 11.9 Å². The Labute approximate surface area is 389 Å². The number of rotatable bonds is 21. The average Bonchev–Trinajstić information content (AvgIpc) is 4.05. The molecule has 0 unspecified atom stereocenters. The summed E-state index contributed by atoms with van der Waals surface area (Å²) in [5, 5.41) is 11.6. The molecule has 3 aliphatic carbocycles. The van der Waals surface area contributed by atoms with Crippen molar-refractivity contribution in [2.75, 3.05) is 0 Å². The van der Waals surface area contributed by atoms with Gasteiger partial charge in [0.1, 0.15) is 17.8 Å². The van der Waals surface area contributed by atoms with Crippen LogP contribution in [-0.4, -0.2) is 57.9 Å². The Morgan fingerprint density at radius 3 is 1.60 bits per heavy atom. The number of carbonyl (C=O) groups excluding carboxylic acids is 2. The van der Waals surface area contributed by atoms with Crippen molar-refractivity contribution in [2.24, 2.45) is 11.8 Å². The van der Waals surface area contributed by atoms with Crippen LogP contribution in [0.5, 0.6) is 0 Å². The van der Waals surface area contributed by atoms with Crippen LogP contribution in [0.1, 0.15) is 224 Å². The summed E-state index contributed by atoms with van der Waals surface area (Å²) in [6.45, 7) is 13.4. The standard InChI is InChI=1S/C26H38N2O6S.C24H41N3O3/c1-19-13-15-22(16-14-19)35(30,31)32-18-23-27-25(34-28-23)21(17-24(29)33-26(2,3)4)12-8-11-20-9-6-5-7-10-20;1-24(2,3)29-22(28)16-19(13-9-12-18-10-5-4-6-11-18)23-26-21(27-30-23)17-25-20-14-7-8-15-20/h13-16,20-21H,5-12,17-18H2,1-4H3;18-20,25H,4-17H2,1-3H3/t21-;19-/m11/s1. The molecule has 65 heavy (non-hydrogen) atoms. The van der Waals surface area contributed by atoms with E-state index in [-0.39, 0.29) is 47.5 Å². The molecule has 0 bridgehead atoms. The third kappa shape index (κ3) is 19.6. The van der Waals surface area contributed by atoms with Crippen LogP contribution in [0, 0.1) is 18.8 Å². The van der Waals surface area contributed by atoms with Gasteiger partial charge in [-0.3, -0.25) is 13.8 Å². The number of benzene rings is 1. The number of ether oxygens (including phenoxy) is 2. The first-order chi connectivity index (χ1) is 30.9. The molecule has 1 aromatic carbocycles. The minimum Gasteiger partial charge on any atom is -0.460 e. The minimum absolute atomic E-state index is 0.0591. The van der Waals surface area contributed by atoms with Gasteiger partial charge in [-0.25, -0.2) is 0 Å². The smallest absolute Gasteiger partial charge is 0.307 e. The summed E-state index contributed by atoms with van der Waals surface area (Å²) in [6.07, 6.45) is 24.8. The first-order valence-electron chi connectivity index (χ1n) is 24.7. The van der Waals surface area contributed by atoms with Crippen molar-refractivity contribution < 1.29 is 40.7 Å². The summed E-state index contributed by atoms with van der Waals surface area (Å²) < 4.78 is 52.2. The third-order valence-corrected chi connectivity index (χ3v) is 13.9. The molecule has 0 saturated heterocycles. The Balaban J connectivity index is 0.000000247. The number of aromatic nitrogens is 4. The molecule has 6 rings (SSSR count). The van der Waals surface area contributed by atoms with Crippen molar-refractivity contribution in [1.29, 1.82) is 0 Å². The van der Waals surface area contributed by atoms with Gasteiger partial charge in [0.15, 0.2) is 11.6 Å². The Kier molecular flexibility index (Phi) is 20.5. The fourth-order valence-electron chi connectivity index (χ4n) is 9.32. The maximum absolute atomic E-state index is 12.5. The van der Waals surface area contributed by atoms with E-state index >= 15 is 0 Å². The molecule has 3 aliphatic rings. The summed E-state index contributed by atoms with van der Waals surface area (Å²) in [6, 6.07) is 6.97. The average molecular weight is 926 g/mol. The lowest BCUT2D eigenvalue weighted by Gasteiger charge is -2.23. The van der Waals surface area contributed by atoms with Crippen molar-refractivity contribution in [3.05, 3.63) is 53.3 Å². The number of nitrogens with zero attached hydrogens (tertiary/aromatic N) is 4. The van der Waals surface area contributed by atoms with Gasteiger partial charge in [0.25, 0.3) is 10.1 Å². The molecule has 364 valence electrons. The fourth-order valence-corrected chi connectivity index (χ4v) is 10.2. The molecule has 2 atom stereocenters. The summed E-state index contributed by atoms with van der Waals surface area (Å²) in [5.74, 6) is 2.44. The van der Waals surface area contributed by atoms with E-state index in [2.05, 4.69) is 25.6 Å². The Hall–Kier alpha value is -3.69. The first-order valence-corrected chi connectivity index (χ1v) is 26.1. The lowest BCUT2D eigenvalue weighted by atomic mass is 9.84. The number of nitrogens with one attached hydrogen (secondary N) is 1. The number of aryl methyl sites for hydroxylation is 1. The Bertz CT molecular complexity index is 1970. The highest BCUT2D eigenvalue weighted by atomic mass is 32.2. The summed E-state index contributed by atoms with van der Waals surface area (Å²) >= 11 is 0. The van der Waals surface area contributed by atoms with E-state index in [0.29, 0.717) is 36.6 Å². The first kappa shape index (κ1) is 52.3. The van der Waals surface area contributed by atoms with E-state index < -0.39 is 21.3 Å². The summed E-state index contributed by atoms with van der Waals surface area (Å²) in [5.41, 5.74) is -0.108. The van der Waals surface area contributed by atoms with Crippen LogP contribution in [-0.2, 0) is 46.5 Å². The van der Waals surface area contributed by atoms with E-state index in [1.165, 1.54) is 108 Å². The molecule has 0 spiro atoms. The predicted molar refractivity (Wildman–Crippen MR) is 248 cm³/mol. The van der Waals surface area contributed by atoms with Gasteiger partial charge in [0.2, 0.25) is 11.8 Å². The van der Waals surface area contributed by atoms with Gasteiger partial charge in [0.05, 0.1) is 24.3 Å². The van der Waals surface area contributed by atoms with Gasteiger partial charge in [-0.1, -0.05) is 131 Å². The molecule has 2 aromatic heterocycles. The number of hydrogen-bond donors (Lipinski definition) is 1. The van der Waals surface area contributed by atoms with E-state index in [0.717, 1.165) is 49.5 Å².